The topological polar surface area (TPSA) is 55.6 Å². The molecule has 0 atom stereocenters. The predicted octanol–water partition coefficient (Wildman–Crippen LogP) is 1.84. The number of benzene rings is 1. The summed E-state index contributed by atoms with van der Waals surface area (Å²) in [6.07, 6.45) is 3.02. The molecule has 4 heteroatoms. The average molecular weight is 262 g/mol. The number of carbonyl (C=O) groups is 1. The lowest BCUT2D eigenvalue weighted by molar-refractivity contribution is -0.136. The third kappa shape index (κ3) is 3.96. The van der Waals surface area contributed by atoms with E-state index in [0.29, 0.717) is 12.6 Å². The van der Waals surface area contributed by atoms with Crippen molar-refractivity contribution in [3.63, 3.8) is 0 Å². The highest BCUT2D eigenvalue weighted by atomic mass is 16.5. The van der Waals surface area contributed by atoms with Crippen LogP contribution >= 0.6 is 0 Å². The van der Waals surface area contributed by atoms with Gasteiger partial charge in [-0.2, -0.15) is 0 Å². The van der Waals surface area contributed by atoms with Crippen molar-refractivity contribution >= 4 is 11.6 Å². The Balaban J connectivity index is 1.69. The summed E-state index contributed by atoms with van der Waals surface area (Å²) in [5.74, 6) is 0.103. The number of carbonyl (C=O) groups excluding carboxylic acids is 1. The third-order valence-corrected chi connectivity index (χ3v) is 3.45. The Morgan fingerprint density at radius 1 is 1.42 bits per heavy atom. The maximum Gasteiger partial charge on any atom is 0.248 e. The number of nitrogens with two attached hydrogens (primary N) is 1. The number of ether oxygens (including phenoxy) is 1. The molecule has 1 aromatic carbocycles. The number of hydrogen-bond donors (Lipinski definition) is 1. The van der Waals surface area contributed by atoms with Crippen LogP contribution in [-0.2, 0) is 16.0 Å². The highest BCUT2D eigenvalue weighted by Gasteiger charge is 2.31. The highest BCUT2D eigenvalue weighted by Crippen LogP contribution is 2.26. The molecule has 0 bridgehead atoms. The molecule has 1 saturated carbocycles. The summed E-state index contributed by atoms with van der Waals surface area (Å²) in [6.45, 7) is 3.50. The first-order chi connectivity index (χ1) is 9.22. The summed E-state index contributed by atoms with van der Waals surface area (Å²) in [5.41, 5.74) is 7.71. The van der Waals surface area contributed by atoms with Gasteiger partial charge < -0.3 is 15.4 Å². The summed E-state index contributed by atoms with van der Waals surface area (Å²) >= 11 is 0. The van der Waals surface area contributed by atoms with Crippen molar-refractivity contribution in [3.8, 4) is 0 Å². The standard InChI is InChI=1S/C15H22N2O2/c1-2-17(13-7-8-13)15(18)11-19-10-9-12-5-3-4-6-14(12)16/h3-6,13H,2,7-11,16H2,1H3. The molecular formula is C15H22N2O2. The molecule has 1 fully saturated rings. The molecule has 1 aliphatic rings. The zero-order chi connectivity index (χ0) is 13.7. The Kier molecular flexibility index (Phi) is 4.80. The largest absolute Gasteiger partial charge is 0.399 e. The Hall–Kier alpha value is -1.55. The van der Waals surface area contributed by atoms with Crippen LogP contribution in [-0.4, -0.2) is 36.6 Å². The number of likely N-dealkylation sites (N-methyl/N-ethyl adjacent to an activating group) is 1. The van der Waals surface area contributed by atoms with Crippen molar-refractivity contribution in [2.45, 2.75) is 32.2 Å². The van der Waals surface area contributed by atoms with E-state index in [9.17, 15) is 4.79 Å². The van der Waals surface area contributed by atoms with Crippen molar-refractivity contribution in [1.29, 1.82) is 0 Å². The predicted molar refractivity (Wildman–Crippen MR) is 75.8 cm³/mol. The fourth-order valence-corrected chi connectivity index (χ4v) is 2.21. The molecule has 0 saturated heterocycles. The Labute approximate surface area is 114 Å². The molecule has 0 heterocycles. The smallest absolute Gasteiger partial charge is 0.248 e. The van der Waals surface area contributed by atoms with Gasteiger partial charge in [0.05, 0.1) is 6.61 Å². The first-order valence-corrected chi connectivity index (χ1v) is 6.93. The maximum absolute atomic E-state index is 11.9. The van der Waals surface area contributed by atoms with Gasteiger partial charge >= 0.3 is 0 Å². The van der Waals surface area contributed by atoms with E-state index in [-0.39, 0.29) is 12.5 Å². The molecule has 104 valence electrons. The quantitative estimate of drug-likeness (QED) is 0.602. The van der Waals surface area contributed by atoms with E-state index in [1.54, 1.807) is 0 Å². The van der Waals surface area contributed by atoms with Gasteiger partial charge in [-0.3, -0.25) is 4.79 Å². The van der Waals surface area contributed by atoms with Gasteiger partial charge in [-0.1, -0.05) is 18.2 Å². The first kappa shape index (κ1) is 13.9. The minimum Gasteiger partial charge on any atom is -0.399 e. The number of para-hydroxylation sites is 1. The van der Waals surface area contributed by atoms with Gasteiger partial charge in [-0.15, -0.1) is 0 Å². The molecule has 0 spiro atoms. The van der Waals surface area contributed by atoms with Gasteiger partial charge in [0.2, 0.25) is 5.91 Å². The van der Waals surface area contributed by atoms with Crippen molar-refractivity contribution < 1.29 is 9.53 Å². The van der Waals surface area contributed by atoms with Crippen LogP contribution in [0.25, 0.3) is 0 Å². The lowest BCUT2D eigenvalue weighted by atomic mass is 10.1. The van der Waals surface area contributed by atoms with E-state index in [2.05, 4.69) is 0 Å². The summed E-state index contributed by atoms with van der Waals surface area (Å²) in [4.78, 5) is 13.8. The summed E-state index contributed by atoms with van der Waals surface area (Å²) in [7, 11) is 0. The second kappa shape index (κ2) is 6.57. The molecule has 0 unspecified atom stereocenters. The number of rotatable bonds is 7. The maximum atomic E-state index is 11.9. The molecule has 1 aliphatic carbocycles. The van der Waals surface area contributed by atoms with Crippen LogP contribution < -0.4 is 5.73 Å². The van der Waals surface area contributed by atoms with Crippen LogP contribution in [0.3, 0.4) is 0 Å². The second-order valence-corrected chi connectivity index (χ2v) is 4.91. The van der Waals surface area contributed by atoms with Crippen molar-refractivity contribution in [3.05, 3.63) is 29.8 Å². The summed E-state index contributed by atoms with van der Waals surface area (Å²) in [6, 6.07) is 8.21. The molecule has 1 aromatic rings. The van der Waals surface area contributed by atoms with Crippen molar-refractivity contribution in [1.82, 2.24) is 4.90 Å². The van der Waals surface area contributed by atoms with Crippen LogP contribution in [0.2, 0.25) is 0 Å². The Morgan fingerprint density at radius 2 is 2.16 bits per heavy atom. The van der Waals surface area contributed by atoms with E-state index in [1.165, 1.54) is 0 Å². The summed E-state index contributed by atoms with van der Waals surface area (Å²) in [5, 5.41) is 0. The van der Waals surface area contributed by atoms with E-state index in [1.807, 2.05) is 36.1 Å². The number of hydrogen-bond acceptors (Lipinski definition) is 3. The van der Waals surface area contributed by atoms with E-state index >= 15 is 0 Å². The zero-order valence-electron chi connectivity index (χ0n) is 11.5. The molecule has 2 N–H and O–H groups in total. The van der Waals surface area contributed by atoms with Gasteiger partial charge in [0, 0.05) is 18.3 Å². The third-order valence-electron chi connectivity index (χ3n) is 3.45. The Morgan fingerprint density at radius 3 is 2.79 bits per heavy atom. The number of amides is 1. The monoisotopic (exact) mass is 262 g/mol. The molecule has 0 aliphatic heterocycles. The molecule has 0 radical (unpaired) electrons. The molecule has 19 heavy (non-hydrogen) atoms. The lowest BCUT2D eigenvalue weighted by Crippen LogP contribution is -2.35. The Bertz CT molecular complexity index is 430. The van der Waals surface area contributed by atoms with E-state index < -0.39 is 0 Å². The van der Waals surface area contributed by atoms with Gasteiger partial charge in [-0.05, 0) is 37.8 Å². The van der Waals surface area contributed by atoms with Gasteiger partial charge in [-0.25, -0.2) is 0 Å². The number of nitrogens with zero attached hydrogens (tertiary/aromatic N) is 1. The molecule has 2 rings (SSSR count). The zero-order valence-corrected chi connectivity index (χ0v) is 11.5. The fraction of sp³-hybridized carbons (Fsp3) is 0.533. The molecular weight excluding hydrogens is 240 g/mol. The van der Waals surface area contributed by atoms with Crippen LogP contribution in [0.15, 0.2) is 24.3 Å². The minimum atomic E-state index is 0.103. The highest BCUT2D eigenvalue weighted by molar-refractivity contribution is 5.78. The van der Waals surface area contributed by atoms with Crippen LogP contribution in [0.5, 0.6) is 0 Å². The van der Waals surface area contributed by atoms with Gasteiger partial charge in [0.15, 0.2) is 0 Å². The van der Waals surface area contributed by atoms with Crippen molar-refractivity contribution in [2.75, 3.05) is 25.5 Å². The van der Waals surface area contributed by atoms with Crippen LogP contribution in [0.1, 0.15) is 25.3 Å². The van der Waals surface area contributed by atoms with Crippen molar-refractivity contribution in [2.24, 2.45) is 0 Å². The average Bonchev–Trinajstić information content (AvgIpc) is 3.22. The van der Waals surface area contributed by atoms with E-state index in [0.717, 1.165) is 37.1 Å². The normalized spacial score (nSPS) is 14.4. The summed E-state index contributed by atoms with van der Waals surface area (Å²) < 4.78 is 5.47. The lowest BCUT2D eigenvalue weighted by Gasteiger charge is -2.20. The fourth-order valence-electron chi connectivity index (χ4n) is 2.21. The SMILES string of the molecule is CCN(C(=O)COCCc1ccccc1N)C1CC1. The van der Waals surface area contributed by atoms with Gasteiger partial charge in [0.25, 0.3) is 0 Å². The van der Waals surface area contributed by atoms with Crippen LogP contribution in [0, 0.1) is 0 Å². The van der Waals surface area contributed by atoms with Crippen LogP contribution in [0.4, 0.5) is 5.69 Å². The number of nitrogen functional groups attached to an aromatic ring is 1. The minimum absolute atomic E-state index is 0.103. The number of anilines is 1. The second-order valence-electron chi connectivity index (χ2n) is 4.91. The molecule has 1 amide bonds. The van der Waals surface area contributed by atoms with Gasteiger partial charge in [0.1, 0.15) is 6.61 Å². The first-order valence-electron chi connectivity index (χ1n) is 6.93. The molecule has 0 aromatic heterocycles. The molecule has 4 nitrogen and oxygen atoms in total. The van der Waals surface area contributed by atoms with E-state index in [4.69, 9.17) is 10.5 Å².